The number of fused-ring (bicyclic) bond motifs is 1. The Morgan fingerprint density at radius 1 is 1.40 bits per heavy atom. The Hall–Kier alpha value is -1.52. The Labute approximate surface area is 204 Å². The molecule has 1 fully saturated rings. The third kappa shape index (κ3) is 4.70. The van der Waals surface area contributed by atoms with Crippen LogP contribution >= 0.6 is 34.9 Å². The van der Waals surface area contributed by atoms with Gasteiger partial charge < -0.3 is 15.2 Å². The molecule has 0 radical (unpaired) electrons. The summed E-state index contributed by atoms with van der Waals surface area (Å²) in [5.74, 6) is -1.57. The normalized spacial score (nSPS) is 20.3. The molecule has 0 aromatic carbocycles. The smallest absolute Gasteiger partial charge is 0.543 e. The maximum Gasteiger partial charge on any atom is 1.00 e. The average Bonchev–Trinajstić information content (AvgIpc) is 3.35. The monoisotopic (exact) mass is 476 g/mol. The second-order valence-electron chi connectivity index (χ2n) is 6.08. The minimum atomic E-state index is -1.41. The summed E-state index contributed by atoms with van der Waals surface area (Å²) in [6, 6.07) is -0.807. The van der Waals surface area contributed by atoms with Crippen molar-refractivity contribution in [3.05, 3.63) is 22.6 Å². The van der Waals surface area contributed by atoms with E-state index < -0.39 is 29.2 Å². The van der Waals surface area contributed by atoms with Gasteiger partial charge in [0.2, 0.25) is 5.91 Å². The number of hydrogen-bond acceptors (Lipinski definition) is 12. The van der Waals surface area contributed by atoms with Gasteiger partial charge in [-0.15, -0.1) is 27.1 Å². The minimum Gasteiger partial charge on any atom is -0.543 e. The maximum absolute atomic E-state index is 12.6. The van der Waals surface area contributed by atoms with Gasteiger partial charge >= 0.3 is 29.6 Å². The maximum atomic E-state index is 12.6. The Morgan fingerprint density at radius 3 is 2.83 bits per heavy atom. The zero-order valence-electron chi connectivity index (χ0n) is 15.8. The van der Waals surface area contributed by atoms with Crippen molar-refractivity contribution in [3.8, 4) is 0 Å². The van der Waals surface area contributed by atoms with Crippen LogP contribution in [0.2, 0.25) is 0 Å². The zero-order chi connectivity index (χ0) is 20.5. The molecule has 2 atom stereocenters. The van der Waals surface area contributed by atoms with E-state index in [0.29, 0.717) is 17.1 Å². The molecule has 2 amide bonds. The molecule has 0 spiro atoms. The van der Waals surface area contributed by atoms with Crippen molar-refractivity contribution >= 4 is 52.6 Å². The largest absolute Gasteiger partial charge is 1.00 e. The Bertz CT molecular complexity index is 997. The van der Waals surface area contributed by atoms with E-state index in [-0.39, 0.29) is 41.8 Å². The number of thioether (sulfide) groups is 2. The number of aryl methyl sites for hydroxylation is 1. The van der Waals surface area contributed by atoms with Crippen molar-refractivity contribution in [3.63, 3.8) is 0 Å². The van der Waals surface area contributed by atoms with E-state index in [4.69, 9.17) is 0 Å². The van der Waals surface area contributed by atoms with Gasteiger partial charge in [-0.2, -0.15) is 0 Å². The number of aromatic nitrogens is 6. The molecule has 16 heteroatoms. The molecule has 0 aliphatic carbocycles. The molecule has 2 aromatic rings. The van der Waals surface area contributed by atoms with Crippen molar-refractivity contribution in [2.75, 3.05) is 11.5 Å². The molecule has 0 saturated carbocycles. The number of nitrogens with zero attached hydrogens (tertiary/aromatic N) is 7. The molecular formula is C14H13N8NaO4S3. The predicted octanol–water partition coefficient (Wildman–Crippen LogP) is -4.97. The molecule has 0 bridgehead atoms. The number of carboxylic acids is 1. The van der Waals surface area contributed by atoms with Gasteiger partial charge in [-0.05, 0) is 22.9 Å². The first kappa shape index (κ1) is 23.1. The van der Waals surface area contributed by atoms with Crippen LogP contribution in [0.4, 0.5) is 0 Å². The number of carboxylic acid groups (broad SMARTS) is 1. The first-order chi connectivity index (χ1) is 13.9. The van der Waals surface area contributed by atoms with Crippen LogP contribution in [0.15, 0.2) is 21.9 Å². The van der Waals surface area contributed by atoms with E-state index in [1.54, 1.807) is 0 Å². The molecular weight excluding hydrogens is 463 g/mol. The summed E-state index contributed by atoms with van der Waals surface area (Å²) in [6.45, 7) is 1.70. The molecule has 4 rings (SSSR count). The molecule has 152 valence electrons. The van der Waals surface area contributed by atoms with Crippen LogP contribution in [0.3, 0.4) is 0 Å². The van der Waals surface area contributed by atoms with Crippen molar-refractivity contribution < 1.29 is 49.0 Å². The molecule has 2 aliphatic heterocycles. The van der Waals surface area contributed by atoms with E-state index in [1.165, 1.54) is 50.8 Å². The predicted molar refractivity (Wildman–Crippen MR) is 100 cm³/mol. The summed E-state index contributed by atoms with van der Waals surface area (Å²) < 4.78 is 1.95. The van der Waals surface area contributed by atoms with Gasteiger partial charge in [0.15, 0.2) is 4.34 Å². The third-order valence-corrected chi connectivity index (χ3v) is 7.53. The first-order valence-corrected chi connectivity index (χ1v) is 11.1. The quantitative estimate of drug-likeness (QED) is 0.232. The van der Waals surface area contributed by atoms with E-state index in [1.807, 2.05) is 6.92 Å². The van der Waals surface area contributed by atoms with Crippen LogP contribution in [-0.2, 0) is 20.9 Å². The number of carbonyl (C=O) groups is 3. The van der Waals surface area contributed by atoms with Gasteiger partial charge in [-0.1, -0.05) is 23.1 Å². The Balaban J connectivity index is 0.00000256. The van der Waals surface area contributed by atoms with Gasteiger partial charge in [-0.25, -0.2) is 4.68 Å². The number of amides is 2. The molecule has 4 heterocycles. The topological polar surface area (TPSA) is 159 Å². The number of β-lactam (4-membered cyclic amide) rings is 1. The number of aliphatic carboxylic acids is 1. The summed E-state index contributed by atoms with van der Waals surface area (Å²) in [6.07, 6.45) is 1.28. The van der Waals surface area contributed by atoms with Crippen molar-refractivity contribution in [1.82, 2.24) is 40.6 Å². The summed E-state index contributed by atoms with van der Waals surface area (Å²) in [4.78, 5) is 37.6. The Kier molecular flexibility index (Phi) is 7.52. The molecule has 2 aromatic heterocycles. The third-order valence-electron chi connectivity index (χ3n) is 4.13. The van der Waals surface area contributed by atoms with Crippen molar-refractivity contribution in [2.45, 2.75) is 29.2 Å². The molecule has 1 N–H and O–H groups in total. The van der Waals surface area contributed by atoms with Gasteiger partial charge in [0.1, 0.15) is 29.3 Å². The van der Waals surface area contributed by atoms with Crippen LogP contribution < -0.4 is 40.0 Å². The number of nitrogens with one attached hydrogen (secondary N) is 1. The van der Waals surface area contributed by atoms with Crippen molar-refractivity contribution in [1.29, 1.82) is 0 Å². The molecule has 12 nitrogen and oxygen atoms in total. The fraction of sp³-hybridized carbons (Fsp3) is 0.429. The van der Waals surface area contributed by atoms with E-state index in [0.717, 1.165) is 9.35 Å². The van der Waals surface area contributed by atoms with Crippen LogP contribution in [-0.4, -0.2) is 76.0 Å². The number of rotatable bonds is 7. The minimum absolute atomic E-state index is 0. The van der Waals surface area contributed by atoms with Crippen molar-refractivity contribution in [2.24, 2.45) is 0 Å². The summed E-state index contributed by atoms with van der Waals surface area (Å²) in [7, 11) is 0. The second kappa shape index (κ2) is 9.74. The van der Waals surface area contributed by atoms with Crippen LogP contribution in [0, 0.1) is 6.92 Å². The van der Waals surface area contributed by atoms with Gasteiger partial charge in [-0.3, -0.25) is 14.5 Å². The SMILES string of the molecule is Cc1nnc(SCC2=C(C(=O)[O-])N3C(=O)[C@H](NC(=O)Cn4cnnn4)C3SC2)s1.[Na+]. The van der Waals surface area contributed by atoms with E-state index in [2.05, 4.69) is 31.0 Å². The van der Waals surface area contributed by atoms with E-state index >= 15 is 0 Å². The van der Waals surface area contributed by atoms with Crippen LogP contribution in [0.1, 0.15) is 5.01 Å². The van der Waals surface area contributed by atoms with Gasteiger partial charge in [0, 0.05) is 11.5 Å². The van der Waals surface area contributed by atoms with Crippen LogP contribution in [0.25, 0.3) is 0 Å². The van der Waals surface area contributed by atoms with E-state index in [9.17, 15) is 19.5 Å². The summed E-state index contributed by atoms with van der Waals surface area (Å²) >= 11 is 4.17. The Morgan fingerprint density at radius 2 is 2.20 bits per heavy atom. The molecule has 30 heavy (non-hydrogen) atoms. The zero-order valence-corrected chi connectivity index (χ0v) is 20.3. The standard InChI is InChI=1S/C14H14N8O4S3.Na/c1-6-17-18-14(29-6)28-4-7-3-27-12-9(11(24)22(12)10(7)13(25)26)16-8(23)2-21-5-15-19-20-21;/h5,9,12H,2-4H2,1H3,(H,16,23)(H,25,26);/q;+1/p-1/t9-,12?;/m0./s1. The van der Waals surface area contributed by atoms with Crippen LogP contribution in [0.5, 0.6) is 0 Å². The van der Waals surface area contributed by atoms with Gasteiger partial charge in [0.25, 0.3) is 5.91 Å². The fourth-order valence-electron chi connectivity index (χ4n) is 2.89. The number of tetrazole rings is 1. The first-order valence-electron chi connectivity index (χ1n) is 8.25. The van der Waals surface area contributed by atoms with Gasteiger partial charge in [0.05, 0.1) is 11.7 Å². The fourth-order valence-corrected chi connectivity index (χ4v) is 6.19. The number of carbonyl (C=O) groups excluding carboxylic acids is 3. The molecule has 1 saturated heterocycles. The summed E-state index contributed by atoms with van der Waals surface area (Å²) in [5.41, 5.74) is 0.453. The average molecular weight is 477 g/mol. The molecule has 1 unspecified atom stereocenters. The summed E-state index contributed by atoms with van der Waals surface area (Å²) in [5, 5.41) is 33.1. The second-order valence-corrected chi connectivity index (χ2v) is 9.59. The number of hydrogen-bond donors (Lipinski definition) is 1. The molecule has 2 aliphatic rings.